The SMILES string of the molecule is Cc1cnccc1-c1cc(CN)ccc1C. The Morgan fingerprint density at radius 2 is 1.88 bits per heavy atom. The Morgan fingerprint density at radius 3 is 2.56 bits per heavy atom. The number of hydrogen-bond donors (Lipinski definition) is 1. The number of hydrogen-bond acceptors (Lipinski definition) is 2. The first kappa shape index (κ1) is 10.8. The Morgan fingerprint density at radius 1 is 1.06 bits per heavy atom. The normalized spacial score (nSPS) is 10.4. The molecule has 82 valence electrons. The molecule has 0 atom stereocenters. The summed E-state index contributed by atoms with van der Waals surface area (Å²) in [5.74, 6) is 0. The van der Waals surface area contributed by atoms with Crippen molar-refractivity contribution in [3.8, 4) is 11.1 Å². The van der Waals surface area contributed by atoms with Crippen LogP contribution < -0.4 is 5.73 Å². The van der Waals surface area contributed by atoms with Gasteiger partial charge in [-0.25, -0.2) is 0 Å². The molecule has 16 heavy (non-hydrogen) atoms. The smallest absolute Gasteiger partial charge is 0.0303 e. The van der Waals surface area contributed by atoms with E-state index in [2.05, 4.69) is 43.1 Å². The lowest BCUT2D eigenvalue weighted by Crippen LogP contribution is -1.97. The topological polar surface area (TPSA) is 38.9 Å². The lowest BCUT2D eigenvalue weighted by molar-refractivity contribution is 1.07. The van der Waals surface area contributed by atoms with Gasteiger partial charge in [0.15, 0.2) is 0 Å². The largest absolute Gasteiger partial charge is 0.326 e. The monoisotopic (exact) mass is 212 g/mol. The van der Waals surface area contributed by atoms with Gasteiger partial charge >= 0.3 is 0 Å². The summed E-state index contributed by atoms with van der Waals surface area (Å²) in [5, 5.41) is 0. The molecule has 0 aliphatic carbocycles. The molecule has 0 aliphatic rings. The summed E-state index contributed by atoms with van der Waals surface area (Å²) in [6.45, 7) is 4.78. The van der Waals surface area contributed by atoms with E-state index >= 15 is 0 Å². The van der Waals surface area contributed by atoms with Crippen molar-refractivity contribution in [2.24, 2.45) is 5.73 Å². The molecule has 2 nitrogen and oxygen atoms in total. The lowest BCUT2D eigenvalue weighted by atomic mass is 9.96. The third-order valence-corrected chi connectivity index (χ3v) is 2.85. The molecule has 2 aromatic rings. The van der Waals surface area contributed by atoms with Crippen LogP contribution in [0.4, 0.5) is 0 Å². The minimum absolute atomic E-state index is 0.581. The Bertz CT molecular complexity index is 504. The zero-order chi connectivity index (χ0) is 11.5. The van der Waals surface area contributed by atoms with Gasteiger partial charge in [-0.05, 0) is 53.8 Å². The van der Waals surface area contributed by atoms with E-state index in [0.29, 0.717) is 6.54 Å². The van der Waals surface area contributed by atoms with Crippen molar-refractivity contribution in [2.75, 3.05) is 0 Å². The number of nitrogens with zero attached hydrogens (tertiary/aromatic N) is 1. The molecule has 0 amide bonds. The summed E-state index contributed by atoms with van der Waals surface area (Å²) in [7, 11) is 0. The number of rotatable bonds is 2. The quantitative estimate of drug-likeness (QED) is 0.831. The van der Waals surface area contributed by atoms with Crippen molar-refractivity contribution in [3.63, 3.8) is 0 Å². The first-order chi connectivity index (χ1) is 7.72. The van der Waals surface area contributed by atoms with Gasteiger partial charge in [0.25, 0.3) is 0 Å². The minimum Gasteiger partial charge on any atom is -0.326 e. The average molecular weight is 212 g/mol. The van der Waals surface area contributed by atoms with Gasteiger partial charge in [-0.15, -0.1) is 0 Å². The van der Waals surface area contributed by atoms with Crippen molar-refractivity contribution < 1.29 is 0 Å². The molecule has 2 heteroatoms. The summed E-state index contributed by atoms with van der Waals surface area (Å²) in [6.07, 6.45) is 3.72. The van der Waals surface area contributed by atoms with Gasteiger partial charge in [0.1, 0.15) is 0 Å². The Balaban J connectivity index is 2.59. The highest BCUT2D eigenvalue weighted by Crippen LogP contribution is 2.26. The second-order valence-electron chi connectivity index (χ2n) is 4.04. The molecule has 0 radical (unpaired) electrons. The summed E-state index contributed by atoms with van der Waals surface area (Å²) in [6, 6.07) is 8.42. The fourth-order valence-electron chi connectivity index (χ4n) is 1.86. The molecular weight excluding hydrogens is 196 g/mol. The highest BCUT2D eigenvalue weighted by Gasteiger charge is 2.05. The van der Waals surface area contributed by atoms with E-state index in [1.54, 1.807) is 0 Å². The van der Waals surface area contributed by atoms with Crippen LogP contribution in [-0.2, 0) is 6.54 Å². The van der Waals surface area contributed by atoms with Gasteiger partial charge in [-0.1, -0.05) is 12.1 Å². The van der Waals surface area contributed by atoms with E-state index in [1.807, 2.05) is 12.4 Å². The van der Waals surface area contributed by atoms with Crippen molar-refractivity contribution in [3.05, 3.63) is 53.3 Å². The zero-order valence-corrected chi connectivity index (χ0v) is 9.70. The summed E-state index contributed by atoms with van der Waals surface area (Å²) in [5.41, 5.74) is 11.8. The first-order valence-electron chi connectivity index (χ1n) is 5.43. The maximum absolute atomic E-state index is 5.67. The third-order valence-electron chi connectivity index (χ3n) is 2.85. The summed E-state index contributed by atoms with van der Waals surface area (Å²) in [4.78, 5) is 4.12. The van der Waals surface area contributed by atoms with Crippen LogP contribution in [0.3, 0.4) is 0 Å². The average Bonchev–Trinajstić information content (AvgIpc) is 2.31. The standard InChI is InChI=1S/C14H16N2/c1-10-3-4-12(8-15)7-14(10)13-5-6-16-9-11(13)2/h3-7,9H,8,15H2,1-2H3. The second-order valence-corrected chi connectivity index (χ2v) is 4.04. The molecule has 2 N–H and O–H groups in total. The predicted octanol–water partition coefficient (Wildman–Crippen LogP) is 2.82. The molecule has 0 aliphatic heterocycles. The number of pyridine rings is 1. The zero-order valence-electron chi connectivity index (χ0n) is 9.70. The summed E-state index contributed by atoms with van der Waals surface area (Å²) < 4.78 is 0. The van der Waals surface area contributed by atoms with Crippen molar-refractivity contribution in [1.29, 1.82) is 0 Å². The lowest BCUT2D eigenvalue weighted by Gasteiger charge is -2.10. The number of aromatic nitrogens is 1. The molecule has 1 heterocycles. The molecule has 0 spiro atoms. The fourth-order valence-corrected chi connectivity index (χ4v) is 1.86. The third kappa shape index (κ3) is 1.97. The van der Waals surface area contributed by atoms with Crippen LogP contribution >= 0.6 is 0 Å². The predicted molar refractivity (Wildman–Crippen MR) is 67.0 cm³/mol. The molecule has 0 bridgehead atoms. The van der Waals surface area contributed by atoms with E-state index in [4.69, 9.17) is 5.73 Å². The Hall–Kier alpha value is -1.67. The van der Waals surface area contributed by atoms with Gasteiger partial charge in [0.2, 0.25) is 0 Å². The second kappa shape index (κ2) is 4.45. The molecule has 0 fully saturated rings. The molecule has 1 aromatic heterocycles. The maximum Gasteiger partial charge on any atom is 0.0303 e. The van der Waals surface area contributed by atoms with Crippen LogP contribution in [0.15, 0.2) is 36.7 Å². The summed E-state index contributed by atoms with van der Waals surface area (Å²) >= 11 is 0. The van der Waals surface area contributed by atoms with Gasteiger partial charge in [0, 0.05) is 18.9 Å². The maximum atomic E-state index is 5.67. The molecular formula is C14H16N2. The van der Waals surface area contributed by atoms with Gasteiger partial charge in [-0.3, -0.25) is 4.98 Å². The molecule has 1 aromatic carbocycles. The Labute approximate surface area is 96.1 Å². The number of nitrogens with two attached hydrogens (primary N) is 1. The van der Waals surface area contributed by atoms with E-state index in [1.165, 1.54) is 22.3 Å². The van der Waals surface area contributed by atoms with Gasteiger partial charge in [0.05, 0.1) is 0 Å². The molecule has 0 unspecified atom stereocenters. The van der Waals surface area contributed by atoms with E-state index in [-0.39, 0.29) is 0 Å². The van der Waals surface area contributed by atoms with Crippen molar-refractivity contribution >= 4 is 0 Å². The van der Waals surface area contributed by atoms with Crippen molar-refractivity contribution in [2.45, 2.75) is 20.4 Å². The van der Waals surface area contributed by atoms with E-state index in [9.17, 15) is 0 Å². The minimum atomic E-state index is 0.581. The van der Waals surface area contributed by atoms with Gasteiger partial charge < -0.3 is 5.73 Å². The number of benzene rings is 1. The van der Waals surface area contributed by atoms with Crippen LogP contribution in [0, 0.1) is 13.8 Å². The number of aryl methyl sites for hydroxylation is 2. The van der Waals surface area contributed by atoms with Crippen molar-refractivity contribution in [1.82, 2.24) is 4.98 Å². The molecule has 2 rings (SSSR count). The Kier molecular flexibility index (Phi) is 3.02. The fraction of sp³-hybridized carbons (Fsp3) is 0.214. The highest BCUT2D eigenvalue weighted by molar-refractivity contribution is 5.70. The van der Waals surface area contributed by atoms with Crippen LogP contribution in [0.5, 0.6) is 0 Å². The van der Waals surface area contributed by atoms with Crippen LogP contribution in [-0.4, -0.2) is 4.98 Å². The van der Waals surface area contributed by atoms with Gasteiger partial charge in [-0.2, -0.15) is 0 Å². The van der Waals surface area contributed by atoms with Crippen LogP contribution in [0.25, 0.3) is 11.1 Å². The van der Waals surface area contributed by atoms with Crippen LogP contribution in [0.2, 0.25) is 0 Å². The van der Waals surface area contributed by atoms with E-state index in [0.717, 1.165) is 5.56 Å². The molecule has 0 saturated carbocycles. The van der Waals surface area contributed by atoms with E-state index < -0.39 is 0 Å². The highest BCUT2D eigenvalue weighted by atomic mass is 14.6. The van der Waals surface area contributed by atoms with Crippen LogP contribution in [0.1, 0.15) is 16.7 Å². The first-order valence-corrected chi connectivity index (χ1v) is 5.43. The molecule has 0 saturated heterocycles.